The Hall–Kier alpha value is -1.06. The van der Waals surface area contributed by atoms with E-state index < -0.39 is 0 Å². The first kappa shape index (κ1) is 11.4. The summed E-state index contributed by atoms with van der Waals surface area (Å²) in [6.07, 6.45) is 1.00. The molecule has 1 aliphatic heterocycles. The fourth-order valence-electron chi connectivity index (χ4n) is 2.23. The van der Waals surface area contributed by atoms with Crippen LogP contribution in [-0.2, 0) is 6.42 Å². The van der Waals surface area contributed by atoms with Crippen molar-refractivity contribution in [2.24, 2.45) is 0 Å². The largest absolute Gasteiger partial charge is 0.508 e. The second-order valence-electron chi connectivity index (χ2n) is 4.67. The lowest BCUT2D eigenvalue weighted by Gasteiger charge is -2.28. The molecule has 0 amide bonds. The average Bonchev–Trinajstić information content (AvgIpc) is 2.26. The lowest BCUT2D eigenvalue weighted by molar-refractivity contribution is 0.411. The molecule has 0 fully saturated rings. The van der Waals surface area contributed by atoms with Crippen LogP contribution in [0.25, 0.3) is 0 Å². The molecule has 3 heteroatoms. The van der Waals surface area contributed by atoms with Crippen LogP contribution in [0.5, 0.6) is 5.75 Å². The van der Waals surface area contributed by atoms with Crippen LogP contribution in [0.4, 0.5) is 0 Å². The topological polar surface area (TPSA) is 44.3 Å². The molecule has 0 aliphatic carbocycles. The van der Waals surface area contributed by atoms with Gasteiger partial charge in [-0.05, 0) is 24.6 Å². The first-order chi connectivity index (χ1) is 7.68. The summed E-state index contributed by atoms with van der Waals surface area (Å²) in [6, 6.07) is 6.50. The van der Waals surface area contributed by atoms with E-state index in [0.717, 1.165) is 25.1 Å². The van der Waals surface area contributed by atoms with Crippen molar-refractivity contribution in [3.63, 3.8) is 0 Å². The highest BCUT2D eigenvalue weighted by Gasteiger charge is 2.22. The highest BCUT2D eigenvalue weighted by molar-refractivity contribution is 5.43. The van der Waals surface area contributed by atoms with Crippen LogP contribution in [0.1, 0.15) is 31.0 Å². The molecule has 0 bridgehead atoms. The summed E-state index contributed by atoms with van der Waals surface area (Å²) in [5.74, 6) is 0.417. The van der Waals surface area contributed by atoms with E-state index in [4.69, 9.17) is 0 Å². The Bertz CT molecular complexity index is 363. The van der Waals surface area contributed by atoms with Gasteiger partial charge in [0, 0.05) is 24.2 Å². The third-order valence-corrected chi connectivity index (χ3v) is 3.04. The lowest BCUT2D eigenvalue weighted by atomic mass is 9.93. The maximum atomic E-state index is 9.92. The minimum atomic E-state index is 0.229. The third-order valence-electron chi connectivity index (χ3n) is 3.04. The predicted molar refractivity (Wildman–Crippen MR) is 65.7 cm³/mol. The van der Waals surface area contributed by atoms with E-state index in [-0.39, 0.29) is 6.04 Å². The van der Waals surface area contributed by atoms with E-state index in [0.29, 0.717) is 11.8 Å². The van der Waals surface area contributed by atoms with Crippen molar-refractivity contribution in [1.82, 2.24) is 10.6 Å². The Morgan fingerprint density at radius 1 is 1.50 bits per heavy atom. The highest BCUT2D eigenvalue weighted by Crippen LogP contribution is 2.30. The van der Waals surface area contributed by atoms with Gasteiger partial charge in [0.2, 0.25) is 0 Å². The Balaban J connectivity index is 2.18. The first-order valence-corrected chi connectivity index (χ1v) is 5.96. The minimum absolute atomic E-state index is 0.229. The average molecular weight is 220 g/mol. The molecule has 0 saturated heterocycles. The van der Waals surface area contributed by atoms with E-state index in [9.17, 15) is 5.11 Å². The molecule has 1 aromatic carbocycles. The fraction of sp³-hybridized carbons (Fsp3) is 0.538. The van der Waals surface area contributed by atoms with Crippen LogP contribution in [0.2, 0.25) is 0 Å². The standard InChI is InChI=1S/C13H20N2O/c1-9(2)15-8-11-13-10(6-7-14-11)4-3-5-12(13)16/h3-5,9,11,14-16H,6-8H2,1-2H3. The number of phenolic OH excluding ortho intramolecular Hbond substituents is 1. The van der Waals surface area contributed by atoms with Crippen LogP contribution in [0.3, 0.4) is 0 Å². The maximum Gasteiger partial charge on any atom is 0.120 e. The van der Waals surface area contributed by atoms with Gasteiger partial charge in [0.1, 0.15) is 5.75 Å². The molecule has 1 unspecified atom stereocenters. The SMILES string of the molecule is CC(C)NCC1NCCc2cccc(O)c21. The van der Waals surface area contributed by atoms with Gasteiger partial charge in [0.15, 0.2) is 0 Å². The van der Waals surface area contributed by atoms with Gasteiger partial charge < -0.3 is 15.7 Å². The summed E-state index contributed by atoms with van der Waals surface area (Å²) in [5.41, 5.74) is 2.34. The molecule has 1 atom stereocenters. The van der Waals surface area contributed by atoms with Gasteiger partial charge in [0.25, 0.3) is 0 Å². The first-order valence-electron chi connectivity index (χ1n) is 5.96. The van der Waals surface area contributed by atoms with E-state index in [1.54, 1.807) is 6.07 Å². The number of hydrogen-bond donors (Lipinski definition) is 3. The maximum absolute atomic E-state index is 9.92. The summed E-state index contributed by atoms with van der Waals surface area (Å²) in [5, 5.41) is 16.8. The molecule has 0 saturated carbocycles. The molecule has 3 nitrogen and oxygen atoms in total. The summed E-state index contributed by atoms with van der Waals surface area (Å²) in [6.45, 7) is 6.12. The van der Waals surface area contributed by atoms with Gasteiger partial charge in [-0.25, -0.2) is 0 Å². The van der Waals surface area contributed by atoms with Crippen LogP contribution < -0.4 is 10.6 Å². The molecule has 3 N–H and O–H groups in total. The molecule has 2 rings (SSSR count). The van der Waals surface area contributed by atoms with Gasteiger partial charge in [-0.15, -0.1) is 0 Å². The van der Waals surface area contributed by atoms with Crippen LogP contribution >= 0.6 is 0 Å². The third kappa shape index (κ3) is 2.36. The molecule has 0 radical (unpaired) electrons. The predicted octanol–water partition coefficient (Wildman–Crippen LogP) is 1.58. The van der Waals surface area contributed by atoms with E-state index >= 15 is 0 Å². The van der Waals surface area contributed by atoms with Crippen molar-refractivity contribution in [3.8, 4) is 5.75 Å². The number of nitrogens with one attached hydrogen (secondary N) is 2. The number of aromatic hydroxyl groups is 1. The molecule has 1 heterocycles. The van der Waals surface area contributed by atoms with Gasteiger partial charge in [-0.3, -0.25) is 0 Å². The number of fused-ring (bicyclic) bond motifs is 1. The summed E-state index contributed by atoms with van der Waals surface area (Å²) in [7, 11) is 0. The fourth-order valence-corrected chi connectivity index (χ4v) is 2.23. The van der Waals surface area contributed by atoms with Crippen molar-refractivity contribution in [2.75, 3.05) is 13.1 Å². The second kappa shape index (κ2) is 4.85. The summed E-state index contributed by atoms with van der Waals surface area (Å²) < 4.78 is 0. The summed E-state index contributed by atoms with van der Waals surface area (Å²) >= 11 is 0. The number of benzene rings is 1. The van der Waals surface area contributed by atoms with Crippen molar-refractivity contribution in [3.05, 3.63) is 29.3 Å². The van der Waals surface area contributed by atoms with E-state index in [1.165, 1.54) is 5.56 Å². The molecular formula is C13H20N2O. The van der Waals surface area contributed by atoms with E-state index in [2.05, 4.69) is 30.5 Å². The molecule has 88 valence electrons. The van der Waals surface area contributed by atoms with E-state index in [1.807, 2.05) is 6.07 Å². The van der Waals surface area contributed by atoms with Crippen molar-refractivity contribution in [1.29, 1.82) is 0 Å². The Morgan fingerprint density at radius 2 is 2.31 bits per heavy atom. The van der Waals surface area contributed by atoms with Crippen LogP contribution in [0, 0.1) is 0 Å². The monoisotopic (exact) mass is 220 g/mol. The van der Waals surface area contributed by atoms with Gasteiger partial charge >= 0.3 is 0 Å². The van der Waals surface area contributed by atoms with Crippen molar-refractivity contribution < 1.29 is 5.11 Å². The minimum Gasteiger partial charge on any atom is -0.508 e. The van der Waals surface area contributed by atoms with Crippen molar-refractivity contribution in [2.45, 2.75) is 32.4 Å². The quantitative estimate of drug-likeness (QED) is 0.724. The van der Waals surface area contributed by atoms with Gasteiger partial charge in [-0.2, -0.15) is 0 Å². The molecule has 1 aromatic rings. The van der Waals surface area contributed by atoms with Gasteiger partial charge in [-0.1, -0.05) is 26.0 Å². The Morgan fingerprint density at radius 3 is 3.06 bits per heavy atom. The lowest BCUT2D eigenvalue weighted by Crippen LogP contribution is -2.38. The zero-order valence-corrected chi connectivity index (χ0v) is 9.96. The molecule has 0 aromatic heterocycles. The molecule has 1 aliphatic rings. The van der Waals surface area contributed by atoms with Gasteiger partial charge in [0.05, 0.1) is 0 Å². The zero-order chi connectivity index (χ0) is 11.5. The molecular weight excluding hydrogens is 200 g/mol. The summed E-state index contributed by atoms with van der Waals surface area (Å²) in [4.78, 5) is 0. The zero-order valence-electron chi connectivity index (χ0n) is 9.96. The Kier molecular flexibility index (Phi) is 3.46. The van der Waals surface area contributed by atoms with Crippen molar-refractivity contribution >= 4 is 0 Å². The molecule has 0 spiro atoms. The number of hydrogen-bond acceptors (Lipinski definition) is 3. The van der Waals surface area contributed by atoms with Crippen LogP contribution in [-0.4, -0.2) is 24.2 Å². The normalized spacial score (nSPS) is 19.8. The molecule has 16 heavy (non-hydrogen) atoms. The number of rotatable bonds is 3. The number of phenols is 1. The smallest absolute Gasteiger partial charge is 0.120 e. The second-order valence-corrected chi connectivity index (χ2v) is 4.67. The highest BCUT2D eigenvalue weighted by atomic mass is 16.3. The Labute approximate surface area is 96.9 Å². The van der Waals surface area contributed by atoms with Crippen LogP contribution in [0.15, 0.2) is 18.2 Å².